The first-order valence-corrected chi connectivity index (χ1v) is 10.3. The van der Waals surface area contributed by atoms with Crippen LogP contribution in [0.1, 0.15) is 40.4 Å². The lowest BCUT2D eigenvalue weighted by molar-refractivity contribution is -0.137. The van der Waals surface area contributed by atoms with E-state index in [1.807, 2.05) is 30.3 Å². The third-order valence-electron chi connectivity index (χ3n) is 5.70. The van der Waals surface area contributed by atoms with Gasteiger partial charge in [0.05, 0.1) is 19.6 Å². The Labute approximate surface area is 182 Å². The minimum Gasteiger partial charge on any atom is -0.492 e. The third-order valence-corrected chi connectivity index (χ3v) is 5.70. The van der Waals surface area contributed by atoms with Crippen LogP contribution in [0, 0.1) is 13.8 Å². The highest BCUT2D eigenvalue weighted by atomic mass is 16.5. The smallest absolute Gasteiger partial charge is 0.304 e. The zero-order chi connectivity index (χ0) is 22.0. The molecule has 4 rings (SSSR count). The summed E-state index contributed by atoms with van der Waals surface area (Å²) in [5, 5.41) is 9.04. The molecule has 0 aliphatic carbocycles. The second-order valence-corrected chi connectivity index (χ2v) is 7.93. The SMILES string of the molecule is COCc1cc(C)n(-c2cccc(COc3ccc4c(c3)OCC4CC(=O)O)c2)c1C. The molecule has 31 heavy (non-hydrogen) atoms. The Balaban J connectivity index is 1.48. The van der Waals surface area contributed by atoms with Crippen LogP contribution >= 0.6 is 0 Å². The number of aromatic nitrogens is 1. The highest BCUT2D eigenvalue weighted by Gasteiger charge is 2.26. The van der Waals surface area contributed by atoms with Gasteiger partial charge in [-0.15, -0.1) is 0 Å². The highest BCUT2D eigenvalue weighted by Crippen LogP contribution is 2.38. The number of ether oxygens (including phenoxy) is 3. The van der Waals surface area contributed by atoms with Gasteiger partial charge in [0.25, 0.3) is 0 Å². The highest BCUT2D eigenvalue weighted by molar-refractivity contribution is 5.68. The minimum atomic E-state index is -0.816. The van der Waals surface area contributed by atoms with E-state index in [-0.39, 0.29) is 12.3 Å². The molecule has 2 aromatic carbocycles. The fraction of sp³-hybridized carbons (Fsp3) is 0.320. The predicted molar refractivity (Wildman–Crippen MR) is 117 cm³/mol. The first-order valence-electron chi connectivity index (χ1n) is 10.3. The number of methoxy groups -OCH3 is 1. The Morgan fingerprint density at radius 3 is 2.77 bits per heavy atom. The summed E-state index contributed by atoms with van der Waals surface area (Å²) < 4.78 is 19.2. The molecule has 1 atom stereocenters. The number of rotatable bonds is 8. The standard InChI is InChI=1S/C25H27NO5/c1-16-9-19(14-29-3)17(2)26(16)21-6-4-5-18(10-21)13-30-22-7-8-23-20(11-25(27)28)15-31-24(23)12-22/h4-10,12,20H,11,13-15H2,1-3H3,(H,27,28). The zero-order valence-corrected chi connectivity index (χ0v) is 18.1. The van der Waals surface area contributed by atoms with Crippen molar-refractivity contribution in [2.75, 3.05) is 13.7 Å². The van der Waals surface area contributed by atoms with Crippen molar-refractivity contribution in [3.05, 3.63) is 76.6 Å². The van der Waals surface area contributed by atoms with Crippen LogP contribution in [-0.2, 0) is 22.7 Å². The number of hydrogen-bond acceptors (Lipinski definition) is 4. The van der Waals surface area contributed by atoms with Gasteiger partial charge in [0.2, 0.25) is 0 Å². The van der Waals surface area contributed by atoms with Crippen molar-refractivity contribution in [1.82, 2.24) is 4.57 Å². The lowest BCUT2D eigenvalue weighted by Gasteiger charge is -2.13. The molecule has 6 heteroatoms. The van der Waals surface area contributed by atoms with E-state index in [9.17, 15) is 4.79 Å². The van der Waals surface area contributed by atoms with E-state index in [4.69, 9.17) is 19.3 Å². The van der Waals surface area contributed by atoms with E-state index in [0.717, 1.165) is 22.5 Å². The average molecular weight is 421 g/mol. The Morgan fingerprint density at radius 2 is 2.00 bits per heavy atom. The lowest BCUT2D eigenvalue weighted by Crippen LogP contribution is -2.07. The topological polar surface area (TPSA) is 69.9 Å². The number of nitrogens with zero attached hydrogens (tertiary/aromatic N) is 1. The maximum Gasteiger partial charge on any atom is 0.304 e. The number of aliphatic carboxylic acids is 1. The molecule has 0 fully saturated rings. The van der Waals surface area contributed by atoms with Crippen molar-refractivity contribution >= 4 is 5.97 Å². The van der Waals surface area contributed by atoms with E-state index >= 15 is 0 Å². The summed E-state index contributed by atoms with van der Waals surface area (Å²) in [7, 11) is 1.71. The molecule has 0 saturated heterocycles. The lowest BCUT2D eigenvalue weighted by atomic mass is 9.98. The summed E-state index contributed by atoms with van der Waals surface area (Å²) in [5.41, 5.74) is 6.59. The molecule has 3 aromatic rings. The molecular weight excluding hydrogens is 394 g/mol. The Bertz CT molecular complexity index is 1100. The maximum atomic E-state index is 11.0. The van der Waals surface area contributed by atoms with Crippen LogP contribution in [0.25, 0.3) is 5.69 Å². The fourth-order valence-corrected chi connectivity index (χ4v) is 4.21. The predicted octanol–water partition coefficient (Wildman–Crippen LogP) is 4.77. The maximum absolute atomic E-state index is 11.0. The summed E-state index contributed by atoms with van der Waals surface area (Å²) >= 11 is 0. The molecule has 6 nitrogen and oxygen atoms in total. The Hall–Kier alpha value is -3.25. The van der Waals surface area contributed by atoms with Gasteiger partial charge in [0.1, 0.15) is 18.1 Å². The van der Waals surface area contributed by atoms with Crippen molar-refractivity contribution in [1.29, 1.82) is 0 Å². The largest absolute Gasteiger partial charge is 0.492 e. The van der Waals surface area contributed by atoms with Crippen molar-refractivity contribution in [2.24, 2.45) is 0 Å². The summed E-state index contributed by atoms with van der Waals surface area (Å²) in [4.78, 5) is 11.0. The molecule has 1 aliphatic rings. The van der Waals surface area contributed by atoms with Gasteiger partial charge in [0, 0.05) is 41.7 Å². The first kappa shape index (κ1) is 21.0. The van der Waals surface area contributed by atoms with Crippen molar-refractivity contribution in [3.63, 3.8) is 0 Å². The van der Waals surface area contributed by atoms with E-state index in [1.165, 1.54) is 11.3 Å². The van der Waals surface area contributed by atoms with Crippen LogP contribution in [0.15, 0.2) is 48.5 Å². The molecule has 162 valence electrons. The molecule has 1 aromatic heterocycles. The van der Waals surface area contributed by atoms with Crippen LogP contribution in [0.2, 0.25) is 0 Å². The van der Waals surface area contributed by atoms with Gasteiger partial charge >= 0.3 is 5.97 Å². The number of benzene rings is 2. The molecule has 2 heterocycles. The second-order valence-electron chi connectivity index (χ2n) is 7.93. The number of carbonyl (C=O) groups is 1. The van der Waals surface area contributed by atoms with Gasteiger partial charge in [-0.3, -0.25) is 4.79 Å². The number of carboxylic acids is 1. The molecule has 0 amide bonds. The molecule has 1 aliphatic heterocycles. The third kappa shape index (κ3) is 4.44. The molecule has 0 bridgehead atoms. The van der Waals surface area contributed by atoms with E-state index in [0.29, 0.717) is 31.3 Å². The number of aryl methyl sites for hydroxylation is 1. The molecule has 1 unspecified atom stereocenters. The van der Waals surface area contributed by atoms with Crippen molar-refractivity contribution in [3.8, 4) is 17.2 Å². The van der Waals surface area contributed by atoms with Gasteiger partial charge < -0.3 is 23.9 Å². The summed E-state index contributed by atoms with van der Waals surface area (Å²) in [6.45, 7) is 5.61. The minimum absolute atomic E-state index is 0.0737. The summed E-state index contributed by atoms with van der Waals surface area (Å²) in [6.07, 6.45) is 0.0737. The number of fused-ring (bicyclic) bond motifs is 1. The summed E-state index contributed by atoms with van der Waals surface area (Å²) in [6, 6.07) is 16.1. The van der Waals surface area contributed by atoms with Gasteiger partial charge in [-0.05, 0) is 49.2 Å². The van der Waals surface area contributed by atoms with E-state index in [1.54, 1.807) is 7.11 Å². The van der Waals surface area contributed by atoms with E-state index in [2.05, 4.69) is 36.6 Å². The van der Waals surface area contributed by atoms with Crippen LogP contribution in [0.5, 0.6) is 11.5 Å². The van der Waals surface area contributed by atoms with E-state index < -0.39 is 5.97 Å². The van der Waals surface area contributed by atoms with Crippen LogP contribution in [0.4, 0.5) is 0 Å². The monoisotopic (exact) mass is 421 g/mol. The quantitative estimate of drug-likeness (QED) is 0.567. The molecule has 1 N–H and O–H groups in total. The molecule has 0 saturated carbocycles. The van der Waals surface area contributed by atoms with Crippen molar-refractivity contribution in [2.45, 2.75) is 39.4 Å². The van der Waals surface area contributed by atoms with Gasteiger partial charge in [-0.1, -0.05) is 18.2 Å². The fourth-order valence-electron chi connectivity index (χ4n) is 4.21. The average Bonchev–Trinajstić information content (AvgIpc) is 3.26. The molecule has 0 spiro atoms. The van der Waals surface area contributed by atoms with Crippen LogP contribution in [0.3, 0.4) is 0 Å². The summed E-state index contributed by atoms with van der Waals surface area (Å²) in [5.74, 6) is 0.496. The van der Waals surface area contributed by atoms with Gasteiger partial charge in [-0.2, -0.15) is 0 Å². The van der Waals surface area contributed by atoms with Crippen LogP contribution < -0.4 is 9.47 Å². The molecular formula is C25H27NO5. The van der Waals surface area contributed by atoms with Gasteiger partial charge in [0.15, 0.2) is 0 Å². The number of carboxylic acid groups (broad SMARTS) is 1. The normalized spacial score (nSPS) is 14.9. The van der Waals surface area contributed by atoms with Crippen LogP contribution in [-0.4, -0.2) is 29.4 Å². The number of hydrogen-bond donors (Lipinski definition) is 1. The molecule has 0 radical (unpaired) electrons. The Kier molecular flexibility index (Phi) is 6.00. The van der Waals surface area contributed by atoms with Crippen molar-refractivity contribution < 1.29 is 24.1 Å². The Morgan fingerprint density at radius 1 is 1.16 bits per heavy atom. The zero-order valence-electron chi connectivity index (χ0n) is 18.1. The first-order chi connectivity index (χ1) is 15.0. The second kappa shape index (κ2) is 8.86. The van der Waals surface area contributed by atoms with Gasteiger partial charge in [-0.25, -0.2) is 0 Å².